The lowest BCUT2D eigenvalue weighted by Crippen LogP contribution is -2.59. The number of hydrogen-bond donors (Lipinski definition) is 1. The van der Waals surface area contributed by atoms with Gasteiger partial charge in [-0.05, 0) is 44.9 Å². The predicted molar refractivity (Wildman–Crippen MR) is 78.8 cm³/mol. The van der Waals surface area contributed by atoms with Crippen molar-refractivity contribution >= 4 is 11.9 Å². The summed E-state index contributed by atoms with van der Waals surface area (Å²) >= 11 is 0. The molecule has 1 saturated carbocycles. The third kappa shape index (κ3) is 3.12. The van der Waals surface area contributed by atoms with Crippen molar-refractivity contribution in [1.82, 2.24) is 4.90 Å². The van der Waals surface area contributed by atoms with E-state index in [9.17, 15) is 27.9 Å². The smallest absolute Gasteiger partial charge is 0.426 e. The van der Waals surface area contributed by atoms with Crippen LogP contribution < -0.4 is 0 Å². The van der Waals surface area contributed by atoms with Gasteiger partial charge in [0.15, 0.2) is 0 Å². The van der Waals surface area contributed by atoms with Crippen molar-refractivity contribution in [2.24, 2.45) is 17.3 Å². The summed E-state index contributed by atoms with van der Waals surface area (Å²) in [5.74, 6) is -1.74. The minimum Gasteiger partial charge on any atom is -0.466 e. The summed E-state index contributed by atoms with van der Waals surface area (Å²) in [6.07, 6.45) is -3.16. The molecule has 5 nitrogen and oxygen atoms in total. The van der Waals surface area contributed by atoms with Gasteiger partial charge in [-0.25, -0.2) is 0 Å². The van der Waals surface area contributed by atoms with E-state index < -0.39 is 23.1 Å². The van der Waals surface area contributed by atoms with Crippen LogP contribution in [-0.2, 0) is 14.3 Å². The quantitative estimate of drug-likeness (QED) is 0.788. The molecule has 0 aromatic rings. The largest absolute Gasteiger partial charge is 0.466 e. The van der Waals surface area contributed by atoms with Crippen molar-refractivity contribution in [3.63, 3.8) is 0 Å². The van der Waals surface area contributed by atoms with Crippen molar-refractivity contribution in [2.75, 3.05) is 19.7 Å². The number of nitrogens with zero attached hydrogens (tertiary/aromatic N) is 1. The van der Waals surface area contributed by atoms with Gasteiger partial charge in [-0.15, -0.1) is 0 Å². The van der Waals surface area contributed by atoms with Crippen molar-refractivity contribution in [2.45, 2.75) is 51.8 Å². The van der Waals surface area contributed by atoms with Gasteiger partial charge in [0.2, 0.25) is 5.60 Å². The van der Waals surface area contributed by atoms with E-state index in [1.165, 1.54) is 0 Å². The van der Waals surface area contributed by atoms with Crippen molar-refractivity contribution in [1.29, 1.82) is 0 Å². The van der Waals surface area contributed by atoms with Crippen LogP contribution in [0, 0.1) is 17.3 Å². The van der Waals surface area contributed by atoms with Crippen molar-refractivity contribution < 1.29 is 32.6 Å². The van der Waals surface area contributed by atoms with Crippen LogP contribution >= 0.6 is 0 Å². The number of amides is 1. The number of rotatable bonds is 4. The van der Waals surface area contributed by atoms with Gasteiger partial charge in [0.05, 0.1) is 12.0 Å². The van der Waals surface area contributed by atoms with E-state index in [1.807, 2.05) is 6.92 Å². The van der Waals surface area contributed by atoms with Gasteiger partial charge in [0.1, 0.15) is 0 Å². The fourth-order valence-corrected chi connectivity index (χ4v) is 3.72. The Morgan fingerprint density at radius 2 is 1.92 bits per heavy atom. The first-order valence-electron chi connectivity index (χ1n) is 8.23. The molecule has 0 aromatic heterocycles. The molecule has 2 rings (SSSR count). The second kappa shape index (κ2) is 6.20. The lowest BCUT2D eigenvalue weighted by Gasteiger charge is -2.42. The Labute approximate surface area is 139 Å². The summed E-state index contributed by atoms with van der Waals surface area (Å²) in [5.41, 5.74) is -3.94. The lowest BCUT2D eigenvalue weighted by atomic mass is 9.75. The number of halogens is 3. The topological polar surface area (TPSA) is 66.8 Å². The maximum atomic E-state index is 12.8. The average Bonchev–Trinajstić information content (AvgIpc) is 3.27. The molecule has 1 aliphatic heterocycles. The zero-order chi connectivity index (χ0) is 18.3. The Bertz CT molecular complexity index is 514. The molecular weight excluding hydrogens is 327 g/mol. The summed E-state index contributed by atoms with van der Waals surface area (Å²) in [5, 5.41) is 9.56. The highest BCUT2D eigenvalue weighted by atomic mass is 19.4. The second-order valence-corrected chi connectivity index (χ2v) is 7.07. The van der Waals surface area contributed by atoms with Crippen LogP contribution in [0.5, 0.6) is 0 Å². The molecule has 24 heavy (non-hydrogen) atoms. The Morgan fingerprint density at radius 3 is 2.33 bits per heavy atom. The fraction of sp³-hybridized carbons (Fsp3) is 0.875. The summed E-state index contributed by atoms with van der Waals surface area (Å²) in [6, 6.07) is 0. The summed E-state index contributed by atoms with van der Waals surface area (Å²) in [6.45, 7) is 4.52. The Balaban J connectivity index is 2.06. The van der Waals surface area contributed by atoms with Crippen LogP contribution in [0.25, 0.3) is 0 Å². The molecule has 1 aliphatic carbocycles. The van der Waals surface area contributed by atoms with Gasteiger partial charge < -0.3 is 14.7 Å². The van der Waals surface area contributed by atoms with Crippen LogP contribution in [0.3, 0.4) is 0 Å². The Morgan fingerprint density at radius 1 is 1.33 bits per heavy atom. The molecule has 3 unspecified atom stereocenters. The van der Waals surface area contributed by atoms with Crippen molar-refractivity contribution in [3.05, 3.63) is 0 Å². The molecule has 2 aliphatic rings. The van der Waals surface area contributed by atoms with E-state index in [-0.39, 0.29) is 30.9 Å². The Kier molecular flexibility index (Phi) is 4.92. The van der Waals surface area contributed by atoms with E-state index in [0.29, 0.717) is 20.0 Å². The summed E-state index contributed by atoms with van der Waals surface area (Å²) in [7, 11) is 0. The molecule has 0 aromatic carbocycles. The number of carbonyl (C=O) groups is 2. The molecular formula is C16H24F3NO4. The number of ether oxygens (including phenoxy) is 1. The maximum Gasteiger partial charge on any atom is 0.426 e. The highest BCUT2D eigenvalue weighted by molar-refractivity contribution is 5.86. The normalized spacial score (nSPS) is 28.9. The number of aliphatic hydroxyl groups is 1. The molecule has 0 bridgehead atoms. The van der Waals surface area contributed by atoms with Gasteiger partial charge in [-0.1, -0.05) is 6.92 Å². The van der Waals surface area contributed by atoms with Crippen LogP contribution in [0.2, 0.25) is 0 Å². The number of alkyl halides is 3. The average molecular weight is 351 g/mol. The summed E-state index contributed by atoms with van der Waals surface area (Å²) < 4.78 is 43.7. The summed E-state index contributed by atoms with van der Waals surface area (Å²) in [4.78, 5) is 25.3. The third-order valence-corrected chi connectivity index (χ3v) is 5.34. The number of esters is 1. The highest BCUT2D eigenvalue weighted by Crippen LogP contribution is 2.57. The molecule has 0 radical (unpaired) electrons. The van der Waals surface area contributed by atoms with Gasteiger partial charge in [0.25, 0.3) is 5.91 Å². The Hall–Kier alpha value is -1.31. The van der Waals surface area contributed by atoms with Crippen LogP contribution in [0.4, 0.5) is 13.2 Å². The molecule has 8 heteroatoms. The van der Waals surface area contributed by atoms with E-state index >= 15 is 0 Å². The van der Waals surface area contributed by atoms with Gasteiger partial charge in [-0.3, -0.25) is 9.59 Å². The zero-order valence-electron chi connectivity index (χ0n) is 14.2. The first kappa shape index (κ1) is 19.0. The lowest BCUT2D eigenvalue weighted by molar-refractivity contribution is -0.251. The monoisotopic (exact) mass is 351 g/mol. The molecule has 1 N–H and O–H groups in total. The molecule has 0 spiro atoms. The standard InChI is InChI=1S/C16H24F3NO4/c1-4-24-13(22)15(6-7-15)11-5-8-20(9-10(11)2)12(21)14(3,23)16(17,18)19/h10-11,23H,4-9H2,1-3H3. The van der Waals surface area contributed by atoms with Crippen LogP contribution in [0.1, 0.15) is 40.0 Å². The number of piperidine rings is 1. The van der Waals surface area contributed by atoms with Crippen molar-refractivity contribution in [3.8, 4) is 0 Å². The van der Waals surface area contributed by atoms with Crippen LogP contribution in [-0.4, -0.2) is 53.4 Å². The molecule has 1 amide bonds. The maximum absolute atomic E-state index is 12.8. The SMILES string of the molecule is CCOC(=O)C1(C2CCN(C(=O)C(C)(O)C(F)(F)F)CC2C)CC1. The highest BCUT2D eigenvalue weighted by Gasteiger charge is 2.61. The third-order valence-electron chi connectivity index (χ3n) is 5.34. The number of likely N-dealkylation sites (tertiary alicyclic amines) is 1. The minimum atomic E-state index is -5.02. The van der Waals surface area contributed by atoms with Gasteiger partial charge in [0, 0.05) is 13.1 Å². The fourth-order valence-electron chi connectivity index (χ4n) is 3.72. The van der Waals surface area contributed by atoms with Crippen LogP contribution in [0.15, 0.2) is 0 Å². The van der Waals surface area contributed by atoms with E-state index in [2.05, 4.69) is 0 Å². The molecule has 1 heterocycles. The number of hydrogen-bond acceptors (Lipinski definition) is 4. The predicted octanol–water partition coefficient (Wildman–Crippen LogP) is 2.13. The molecule has 138 valence electrons. The first-order valence-corrected chi connectivity index (χ1v) is 8.23. The van der Waals surface area contributed by atoms with E-state index in [4.69, 9.17) is 4.74 Å². The minimum absolute atomic E-state index is 0.0172. The molecule has 3 atom stereocenters. The zero-order valence-corrected chi connectivity index (χ0v) is 14.2. The van der Waals surface area contributed by atoms with E-state index in [1.54, 1.807) is 6.92 Å². The number of carbonyl (C=O) groups excluding carboxylic acids is 2. The molecule has 1 saturated heterocycles. The first-order chi connectivity index (χ1) is 11.0. The van der Waals surface area contributed by atoms with Gasteiger partial charge in [-0.2, -0.15) is 13.2 Å². The second-order valence-electron chi connectivity index (χ2n) is 7.07. The van der Waals surface area contributed by atoms with E-state index in [0.717, 1.165) is 17.7 Å². The molecule has 2 fully saturated rings. The van der Waals surface area contributed by atoms with Gasteiger partial charge >= 0.3 is 12.1 Å².